The van der Waals surface area contributed by atoms with Crippen molar-refractivity contribution in [3.63, 3.8) is 0 Å². The molecule has 74 valence electrons. The first kappa shape index (κ1) is 10.5. The van der Waals surface area contributed by atoms with Crippen LogP contribution in [0.3, 0.4) is 0 Å². The van der Waals surface area contributed by atoms with Gasteiger partial charge in [-0.15, -0.1) is 11.3 Å². The van der Waals surface area contributed by atoms with Crippen LogP contribution in [0.5, 0.6) is 0 Å². The van der Waals surface area contributed by atoms with Crippen LogP contribution in [-0.4, -0.2) is 4.98 Å². The van der Waals surface area contributed by atoms with E-state index in [1.807, 2.05) is 6.92 Å². The van der Waals surface area contributed by atoms with Gasteiger partial charge in [0.2, 0.25) is 0 Å². The summed E-state index contributed by atoms with van der Waals surface area (Å²) >= 11 is 1.08. The largest absolute Gasteiger partial charge is 0.434 e. The van der Waals surface area contributed by atoms with Gasteiger partial charge in [0.1, 0.15) is 0 Å². The van der Waals surface area contributed by atoms with Crippen LogP contribution in [0.1, 0.15) is 36.8 Å². The van der Waals surface area contributed by atoms with Crippen molar-refractivity contribution in [3.05, 3.63) is 16.1 Å². The van der Waals surface area contributed by atoms with Crippen LogP contribution in [-0.2, 0) is 6.18 Å². The monoisotopic (exact) mass is 209 g/mol. The van der Waals surface area contributed by atoms with Gasteiger partial charge >= 0.3 is 6.18 Å². The molecule has 0 saturated carbocycles. The molecular weight excluding hydrogens is 199 g/mol. The first-order valence-corrected chi connectivity index (χ1v) is 4.85. The molecule has 0 aliphatic carbocycles. The van der Waals surface area contributed by atoms with Crippen LogP contribution in [0, 0.1) is 0 Å². The molecule has 1 atom stereocenters. The number of nitrogens with zero attached hydrogens (tertiary/aromatic N) is 1. The Balaban J connectivity index is 3.03. The number of rotatable bonds is 2. The zero-order chi connectivity index (χ0) is 10.1. The van der Waals surface area contributed by atoms with Gasteiger partial charge in [0.05, 0.1) is 5.51 Å². The third-order valence-corrected chi connectivity index (χ3v) is 2.98. The number of thiazole rings is 1. The summed E-state index contributed by atoms with van der Waals surface area (Å²) in [5.74, 6) is -0.0656. The van der Waals surface area contributed by atoms with Crippen molar-refractivity contribution in [1.82, 2.24) is 4.98 Å². The molecule has 0 amide bonds. The number of aromatic nitrogens is 1. The van der Waals surface area contributed by atoms with E-state index in [4.69, 9.17) is 0 Å². The molecule has 13 heavy (non-hydrogen) atoms. The summed E-state index contributed by atoms with van der Waals surface area (Å²) in [6, 6.07) is 0. The van der Waals surface area contributed by atoms with Crippen LogP contribution in [0.2, 0.25) is 0 Å². The van der Waals surface area contributed by atoms with E-state index in [1.165, 1.54) is 5.51 Å². The summed E-state index contributed by atoms with van der Waals surface area (Å²) in [4.78, 5) is 3.69. The summed E-state index contributed by atoms with van der Waals surface area (Å²) in [5, 5.41) is 0. The summed E-state index contributed by atoms with van der Waals surface area (Å²) in [6.07, 6.45) is -3.61. The average Bonchev–Trinajstić information content (AvgIpc) is 2.49. The quantitative estimate of drug-likeness (QED) is 0.724. The third-order valence-electron chi connectivity index (χ3n) is 1.92. The molecular formula is C8H10F3NS. The van der Waals surface area contributed by atoms with Crippen LogP contribution in [0.15, 0.2) is 5.51 Å². The standard InChI is InChI=1S/C8H10F3NS/c1-3-5(2)6-7(8(9,10)11)12-4-13-6/h4-5H,3H2,1-2H3. The Morgan fingerprint density at radius 2 is 2.15 bits per heavy atom. The Bertz CT molecular complexity index is 279. The Labute approximate surface area is 78.6 Å². The molecule has 0 aromatic carbocycles. The Morgan fingerprint density at radius 3 is 2.62 bits per heavy atom. The summed E-state index contributed by atoms with van der Waals surface area (Å²) in [5.41, 5.74) is 0.538. The molecule has 1 unspecified atom stereocenters. The number of hydrogen-bond acceptors (Lipinski definition) is 2. The maximum Gasteiger partial charge on any atom is 0.434 e. The van der Waals surface area contributed by atoms with Crippen molar-refractivity contribution < 1.29 is 13.2 Å². The minimum Gasteiger partial charge on any atom is -0.240 e. The van der Waals surface area contributed by atoms with E-state index in [-0.39, 0.29) is 5.92 Å². The minimum atomic E-state index is -4.31. The fourth-order valence-electron chi connectivity index (χ4n) is 1.00. The topological polar surface area (TPSA) is 12.9 Å². The van der Waals surface area contributed by atoms with Gasteiger partial charge in [0.15, 0.2) is 5.69 Å². The van der Waals surface area contributed by atoms with Gasteiger partial charge in [0, 0.05) is 4.88 Å². The van der Waals surface area contributed by atoms with Gasteiger partial charge in [-0.2, -0.15) is 13.2 Å². The highest BCUT2D eigenvalue weighted by Crippen LogP contribution is 2.37. The first-order valence-electron chi connectivity index (χ1n) is 3.97. The molecule has 1 aromatic heterocycles. The molecule has 0 fully saturated rings. The fraction of sp³-hybridized carbons (Fsp3) is 0.625. The van der Waals surface area contributed by atoms with Crippen LogP contribution in [0.4, 0.5) is 13.2 Å². The van der Waals surface area contributed by atoms with Crippen LogP contribution >= 0.6 is 11.3 Å². The second-order valence-corrected chi connectivity index (χ2v) is 3.76. The van der Waals surface area contributed by atoms with Crippen LogP contribution < -0.4 is 0 Å². The van der Waals surface area contributed by atoms with E-state index in [1.54, 1.807) is 6.92 Å². The summed E-state index contributed by atoms with van der Waals surface area (Å²) in [7, 11) is 0. The van der Waals surface area contributed by atoms with Gasteiger partial charge in [-0.1, -0.05) is 13.8 Å². The maximum absolute atomic E-state index is 12.3. The van der Waals surface area contributed by atoms with Crippen LogP contribution in [0.25, 0.3) is 0 Å². The molecule has 0 aliphatic rings. The number of halogens is 3. The summed E-state index contributed by atoms with van der Waals surface area (Å²) < 4.78 is 37.0. The zero-order valence-electron chi connectivity index (χ0n) is 7.35. The highest BCUT2D eigenvalue weighted by atomic mass is 32.1. The number of alkyl halides is 3. The van der Waals surface area contributed by atoms with E-state index >= 15 is 0 Å². The Morgan fingerprint density at radius 1 is 1.54 bits per heavy atom. The van der Waals surface area contributed by atoms with Gasteiger partial charge in [-0.3, -0.25) is 0 Å². The van der Waals surface area contributed by atoms with E-state index in [9.17, 15) is 13.2 Å². The Hall–Kier alpha value is -0.580. The predicted molar refractivity (Wildman–Crippen MR) is 45.8 cm³/mol. The zero-order valence-corrected chi connectivity index (χ0v) is 8.17. The normalized spacial score (nSPS) is 14.5. The van der Waals surface area contributed by atoms with E-state index in [0.717, 1.165) is 11.3 Å². The van der Waals surface area contributed by atoms with Crippen molar-refractivity contribution in [2.45, 2.75) is 32.4 Å². The second-order valence-electron chi connectivity index (χ2n) is 2.87. The minimum absolute atomic E-state index is 0.0656. The van der Waals surface area contributed by atoms with Crippen molar-refractivity contribution in [3.8, 4) is 0 Å². The lowest BCUT2D eigenvalue weighted by Crippen LogP contribution is -2.09. The van der Waals surface area contributed by atoms with Gasteiger partial charge in [0.25, 0.3) is 0 Å². The molecule has 0 saturated heterocycles. The van der Waals surface area contributed by atoms with E-state index < -0.39 is 11.9 Å². The summed E-state index contributed by atoms with van der Waals surface area (Å²) in [6.45, 7) is 3.65. The van der Waals surface area contributed by atoms with Crippen molar-refractivity contribution in [2.75, 3.05) is 0 Å². The third kappa shape index (κ3) is 2.21. The molecule has 1 heterocycles. The lowest BCUT2D eigenvalue weighted by Gasteiger charge is -2.10. The Kier molecular flexibility index (Phi) is 2.95. The maximum atomic E-state index is 12.3. The lowest BCUT2D eigenvalue weighted by molar-refractivity contribution is -0.141. The highest BCUT2D eigenvalue weighted by molar-refractivity contribution is 7.09. The molecule has 1 aromatic rings. The average molecular weight is 209 g/mol. The SMILES string of the molecule is CCC(C)c1scnc1C(F)(F)F. The molecule has 5 heteroatoms. The van der Waals surface area contributed by atoms with E-state index in [0.29, 0.717) is 11.3 Å². The molecule has 0 bridgehead atoms. The van der Waals surface area contributed by atoms with Gasteiger partial charge in [-0.05, 0) is 12.3 Å². The number of hydrogen-bond donors (Lipinski definition) is 0. The smallest absolute Gasteiger partial charge is 0.240 e. The van der Waals surface area contributed by atoms with Crippen molar-refractivity contribution in [2.24, 2.45) is 0 Å². The van der Waals surface area contributed by atoms with Gasteiger partial charge in [-0.25, -0.2) is 4.98 Å². The van der Waals surface area contributed by atoms with E-state index in [2.05, 4.69) is 4.98 Å². The fourth-order valence-corrected chi connectivity index (χ4v) is 1.95. The molecule has 0 radical (unpaired) electrons. The molecule has 1 rings (SSSR count). The van der Waals surface area contributed by atoms with Gasteiger partial charge < -0.3 is 0 Å². The molecule has 0 aliphatic heterocycles. The second kappa shape index (κ2) is 3.65. The molecule has 1 nitrogen and oxygen atoms in total. The highest BCUT2D eigenvalue weighted by Gasteiger charge is 2.37. The van der Waals surface area contributed by atoms with Crippen molar-refractivity contribution >= 4 is 11.3 Å². The van der Waals surface area contributed by atoms with Crippen molar-refractivity contribution in [1.29, 1.82) is 0 Å². The predicted octanol–water partition coefficient (Wildman–Crippen LogP) is 3.68. The lowest BCUT2D eigenvalue weighted by atomic mass is 10.1. The first-order chi connectivity index (χ1) is 5.96. The molecule has 0 N–H and O–H groups in total. The molecule has 0 spiro atoms.